The normalized spacial score (nSPS) is 21.6. The fourth-order valence-electron chi connectivity index (χ4n) is 4.94. The average Bonchev–Trinajstić information content (AvgIpc) is 3.72. The molecule has 40 heavy (non-hydrogen) atoms. The number of carbonyl (C=O) groups excluding carboxylic acids is 1. The lowest BCUT2D eigenvalue weighted by molar-refractivity contribution is -0.123. The molecule has 1 aromatic heterocycles. The summed E-state index contributed by atoms with van der Waals surface area (Å²) in [5.74, 6) is -0.143. The van der Waals surface area contributed by atoms with Crippen LogP contribution in [0.3, 0.4) is 0 Å². The smallest absolute Gasteiger partial charge is 0.266 e. The largest absolute Gasteiger partial charge is 0.379 e. The van der Waals surface area contributed by atoms with Crippen LogP contribution in [0.1, 0.15) is 18.4 Å². The fourth-order valence-corrected chi connectivity index (χ4v) is 7.62. The summed E-state index contributed by atoms with van der Waals surface area (Å²) < 4.78 is 41.0. The molecule has 9 nitrogen and oxygen atoms in total. The molecule has 3 fully saturated rings. The zero-order valence-corrected chi connectivity index (χ0v) is 24.1. The van der Waals surface area contributed by atoms with E-state index in [0.29, 0.717) is 54.4 Å². The molecule has 208 valence electrons. The Balaban J connectivity index is 1.33. The average molecular weight is 597 g/mol. The molecule has 3 aliphatic heterocycles. The van der Waals surface area contributed by atoms with Crippen LogP contribution in [0.4, 0.5) is 0 Å². The summed E-state index contributed by atoms with van der Waals surface area (Å²) in [6.07, 6.45) is 5.60. The highest BCUT2D eigenvalue weighted by atomic mass is 32.2. The third kappa shape index (κ3) is 5.52. The molecular weight excluding hydrogens is 569 g/mol. The van der Waals surface area contributed by atoms with Crippen molar-refractivity contribution >= 4 is 50.3 Å². The Hall–Kier alpha value is -2.87. The maximum absolute atomic E-state index is 13.3. The van der Waals surface area contributed by atoms with E-state index in [0.717, 1.165) is 29.7 Å². The summed E-state index contributed by atoms with van der Waals surface area (Å²) in [4.78, 5) is 15.7. The molecule has 0 unspecified atom stereocenters. The van der Waals surface area contributed by atoms with Gasteiger partial charge in [0.1, 0.15) is 4.32 Å². The minimum atomic E-state index is -3.62. The molecule has 0 bridgehead atoms. The summed E-state index contributed by atoms with van der Waals surface area (Å²) in [6.45, 7) is 2.61. The van der Waals surface area contributed by atoms with Gasteiger partial charge in [0.15, 0.2) is 0 Å². The van der Waals surface area contributed by atoms with Gasteiger partial charge in [-0.3, -0.25) is 9.69 Å². The number of rotatable bonds is 7. The Morgan fingerprint density at radius 3 is 2.50 bits per heavy atom. The molecule has 4 heterocycles. The van der Waals surface area contributed by atoms with E-state index < -0.39 is 10.0 Å². The molecule has 6 rings (SSSR count). The van der Waals surface area contributed by atoms with Gasteiger partial charge in [-0.05, 0) is 43.2 Å². The minimum Gasteiger partial charge on any atom is -0.379 e. The van der Waals surface area contributed by atoms with Crippen LogP contribution in [0, 0.1) is 0 Å². The van der Waals surface area contributed by atoms with Crippen molar-refractivity contribution in [1.82, 2.24) is 19.0 Å². The number of thiocarbonyl (C=S) groups is 1. The highest BCUT2D eigenvalue weighted by molar-refractivity contribution is 8.26. The number of carbonyl (C=O) groups is 1. The van der Waals surface area contributed by atoms with Crippen LogP contribution in [0.5, 0.6) is 0 Å². The number of para-hydroxylation sites is 1. The summed E-state index contributed by atoms with van der Waals surface area (Å²) in [5.41, 5.74) is 2.95. The first kappa shape index (κ1) is 27.3. The number of amides is 1. The molecule has 0 aliphatic carbocycles. The second kappa shape index (κ2) is 11.6. The molecule has 3 saturated heterocycles. The van der Waals surface area contributed by atoms with E-state index in [1.807, 2.05) is 42.6 Å². The number of hydrogen-bond acceptors (Lipinski definition) is 8. The van der Waals surface area contributed by atoms with E-state index in [2.05, 4.69) is 0 Å². The minimum absolute atomic E-state index is 0.00509. The summed E-state index contributed by atoms with van der Waals surface area (Å²) in [6, 6.07) is 16.4. The van der Waals surface area contributed by atoms with Gasteiger partial charge in [-0.1, -0.05) is 54.3 Å². The van der Waals surface area contributed by atoms with Gasteiger partial charge in [-0.15, -0.1) is 0 Å². The molecular formula is C28H28N4O5S3. The van der Waals surface area contributed by atoms with Crippen molar-refractivity contribution in [1.29, 1.82) is 0 Å². The van der Waals surface area contributed by atoms with Gasteiger partial charge >= 0.3 is 0 Å². The van der Waals surface area contributed by atoms with Crippen molar-refractivity contribution in [3.8, 4) is 16.9 Å². The molecule has 3 aliphatic rings. The van der Waals surface area contributed by atoms with Gasteiger partial charge in [0, 0.05) is 37.0 Å². The van der Waals surface area contributed by atoms with E-state index in [1.165, 1.54) is 16.1 Å². The summed E-state index contributed by atoms with van der Waals surface area (Å²) in [5, 5.41) is 4.83. The van der Waals surface area contributed by atoms with Crippen molar-refractivity contribution in [3.05, 3.63) is 71.3 Å². The molecule has 1 atom stereocenters. The number of nitrogens with zero attached hydrogens (tertiary/aromatic N) is 4. The number of ether oxygens (including phenoxy) is 2. The first-order valence-corrected chi connectivity index (χ1v) is 15.8. The number of hydrogen-bond donors (Lipinski definition) is 0. The van der Waals surface area contributed by atoms with Crippen LogP contribution in [0.15, 0.2) is 70.6 Å². The molecule has 0 N–H and O–H groups in total. The van der Waals surface area contributed by atoms with Crippen molar-refractivity contribution in [3.63, 3.8) is 0 Å². The molecule has 1 amide bonds. The molecule has 0 radical (unpaired) electrons. The van der Waals surface area contributed by atoms with E-state index in [9.17, 15) is 13.2 Å². The Kier molecular flexibility index (Phi) is 7.89. The lowest BCUT2D eigenvalue weighted by atomic mass is 10.1. The van der Waals surface area contributed by atoms with Gasteiger partial charge in [0.05, 0.1) is 47.0 Å². The van der Waals surface area contributed by atoms with Crippen LogP contribution in [0.25, 0.3) is 23.0 Å². The molecule has 12 heteroatoms. The van der Waals surface area contributed by atoms with Crippen molar-refractivity contribution in [2.24, 2.45) is 0 Å². The highest BCUT2D eigenvalue weighted by Gasteiger charge is 2.35. The topological polar surface area (TPSA) is 94.0 Å². The van der Waals surface area contributed by atoms with Crippen molar-refractivity contribution in [2.75, 3.05) is 39.5 Å². The predicted molar refractivity (Wildman–Crippen MR) is 157 cm³/mol. The Morgan fingerprint density at radius 2 is 1.80 bits per heavy atom. The van der Waals surface area contributed by atoms with Crippen LogP contribution in [-0.2, 0) is 24.3 Å². The number of benzene rings is 2. The van der Waals surface area contributed by atoms with Gasteiger partial charge in [-0.2, -0.15) is 9.40 Å². The number of thioether (sulfide) groups is 1. The fraction of sp³-hybridized carbons (Fsp3) is 0.321. The van der Waals surface area contributed by atoms with Gasteiger partial charge in [-0.25, -0.2) is 13.1 Å². The van der Waals surface area contributed by atoms with Crippen LogP contribution in [0.2, 0.25) is 0 Å². The highest BCUT2D eigenvalue weighted by Crippen LogP contribution is 2.36. The lowest BCUT2D eigenvalue weighted by Gasteiger charge is -2.26. The number of aromatic nitrogens is 2. The first-order chi connectivity index (χ1) is 19.4. The quantitative estimate of drug-likeness (QED) is 0.299. The Labute approximate surface area is 242 Å². The second-order valence-corrected chi connectivity index (χ2v) is 13.3. The summed E-state index contributed by atoms with van der Waals surface area (Å²) >= 11 is 6.81. The third-order valence-corrected chi connectivity index (χ3v) is 10.4. The second-order valence-electron chi connectivity index (χ2n) is 9.68. The monoisotopic (exact) mass is 596 g/mol. The van der Waals surface area contributed by atoms with Crippen molar-refractivity contribution in [2.45, 2.75) is 23.8 Å². The van der Waals surface area contributed by atoms with E-state index in [-0.39, 0.29) is 16.9 Å². The maximum atomic E-state index is 13.3. The van der Waals surface area contributed by atoms with Crippen LogP contribution in [-0.4, -0.2) is 83.2 Å². The molecule has 2 aromatic carbocycles. The zero-order chi connectivity index (χ0) is 27.7. The van der Waals surface area contributed by atoms with Gasteiger partial charge < -0.3 is 9.47 Å². The first-order valence-electron chi connectivity index (χ1n) is 13.1. The standard InChI is InChI=1S/C28H28N4O5S3/c33-27-25(39-28(38)31(27)19-23-7-4-14-37-23)17-21-18-32(22-5-2-1-3-6-22)29-26(21)20-8-10-24(11-9-20)40(34,35)30-12-15-36-16-13-30/h1-3,5-6,8-11,17-18,23H,4,7,12-16,19H2/b25-17+/t23-/m0/s1. The van der Waals surface area contributed by atoms with Crippen molar-refractivity contribution < 1.29 is 22.7 Å². The zero-order valence-electron chi connectivity index (χ0n) is 21.6. The number of morpholine rings is 1. The Bertz CT molecular complexity index is 1540. The SMILES string of the molecule is O=C1/C(=C\c2cn(-c3ccccc3)nc2-c2ccc(S(=O)(=O)N3CCOCC3)cc2)SC(=S)N1C[C@@H]1CCCO1. The van der Waals surface area contributed by atoms with E-state index >= 15 is 0 Å². The molecule has 0 saturated carbocycles. The lowest BCUT2D eigenvalue weighted by Crippen LogP contribution is -2.40. The number of sulfonamides is 1. The third-order valence-electron chi connectivity index (χ3n) is 7.07. The van der Waals surface area contributed by atoms with Crippen LogP contribution < -0.4 is 0 Å². The maximum Gasteiger partial charge on any atom is 0.266 e. The predicted octanol–water partition coefficient (Wildman–Crippen LogP) is 3.94. The van der Waals surface area contributed by atoms with Gasteiger partial charge in [0.25, 0.3) is 5.91 Å². The van der Waals surface area contributed by atoms with Crippen LogP contribution >= 0.6 is 24.0 Å². The molecule has 3 aromatic rings. The molecule has 0 spiro atoms. The van der Waals surface area contributed by atoms with E-state index in [1.54, 1.807) is 33.8 Å². The summed E-state index contributed by atoms with van der Waals surface area (Å²) in [7, 11) is -3.62. The van der Waals surface area contributed by atoms with Gasteiger partial charge in [0.2, 0.25) is 10.0 Å². The Morgan fingerprint density at radius 1 is 1.05 bits per heavy atom. The van der Waals surface area contributed by atoms with E-state index in [4.69, 9.17) is 26.8 Å².